The van der Waals surface area contributed by atoms with E-state index in [1.807, 2.05) is 0 Å². The van der Waals surface area contributed by atoms with Gasteiger partial charge in [-0.25, -0.2) is 0 Å². The summed E-state index contributed by atoms with van der Waals surface area (Å²) < 4.78 is 0. The molecule has 60 valence electrons. The molecule has 0 N–H and O–H groups in total. The van der Waals surface area contributed by atoms with E-state index >= 15 is 0 Å². The number of allylic oxidation sites excluding steroid dienone is 4. The zero-order valence-corrected chi connectivity index (χ0v) is 7.01. The summed E-state index contributed by atoms with van der Waals surface area (Å²) in [6, 6.07) is 2.49. The van der Waals surface area contributed by atoms with Crippen LogP contribution < -0.4 is 0 Å². The predicted molar refractivity (Wildman–Crippen MR) is 46.2 cm³/mol. The average molecular weight is 157 g/mol. The lowest BCUT2D eigenvalue weighted by Crippen LogP contribution is -2.33. The van der Waals surface area contributed by atoms with Crippen molar-refractivity contribution in [2.45, 2.75) is 25.7 Å². The van der Waals surface area contributed by atoms with E-state index in [0.29, 0.717) is 0 Å². The quantitative estimate of drug-likeness (QED) is 0.530. The van der Waals surface area contributed by atoms with Gasteiger partial charge in [0.1, 0.15) is 0 Å². The normalized spacial score (nSPS) is 42.1. The van der Waals surface area contributed by atoms with E-state index in [2.05, 4.69) is 18.2 Å². The van der Waals surface area contributed by atoms with Gasteiger partial charge < -0.3 is 0 Å². The van der Waals surface area contributed by atoms with Gasteiger partial charge in [-0.1, -0.05) is 23.3 Å². The molecule has 4 bridgehead atoms. The van der Waals surface area contributed by atoms with Crippen LogP contribution in [0, 0.1) is 22.7 Å². The van der Waals surface area contributed by atoms with Gasteiger partial charge in [-0.2, -0.15) is 5.26 Å². The lowest BCUT2D eigenvalue weighted by Gasteiger charge is -2.43. The minimum Gasteiger partial charge on any atom is -0.197 e. The number of hydrogen-bond donors (Lipinski definition) is 0. The molecule has 0 aromatic carbocycles. The topological polar surface area (TPSA) is 23.8 Å². The van der Waals surface area contributed by atoms with Crippen molar-refractivity contribution in [3.05, 3.63) is 23.3 Å². The number of rotatable bonds is 0. The van der Waals surface area contributed by atoms with Gasteiger partial charge in [0, 0.05) is 0 Å². The Bertz CT molecular complexity index is 343. The summed E-state index contributed by atoms with van der Waals surface area (Å²) in [6.07, 6.45) is 9.15. The summed E-state index contributed by atoms with van der Waals surface area (Å²) in [4.78, 5) is 0. The standard InChI is InChI=1S/C11H11N/c12-7-11-4-8-1-9(5-11)3-10(2-8)6-11/h1,4,10H,2-3,5-6H2. The Morgan fingerprint density at radius 2 is 2.42 bits per heavy atom. The molecule has 2 atom stereocenters. The molecule has 0 amide bonds. The molecule has 0 saturated heterocycles. The van der Waals surface area contributed by atoms with Gasteiger partial charge in [0.15, 0.2) is 0 Å². The third-order valence-corrected chi connectivity index (χ3v) is 3.34. The fourth-order valence-electron chi connectivity index (χ4n) is 3.10. The summed E-state index contributed by atoms with van der Waals surface area (Å²) in [5, 5.41) is 9.11. The maximum atomic E-state index is 9.11. The highest BCUT2D eigenvalue weighted by Crippen LogP contribution is 2.53. The first-order chi connectivity index (χ1) is 5.80. The second kappa shape index (κ2) is 1.82. The Morgan fingerprint density at radius 3 is 3.08 bits per heavy atom. The first-order valence-corrected chi connectivity index (χ1v) is 4.62. The van der Waals surface area contributed by atoms with Gasteiger partial charge in [0.25, 0.3) is 0 Å². The molecule has 4 rings (SSSR count). The highest BCUT2D eigenvalue weighted by Gasteiger charge is 2.43. The molecule has 0 radical (unpaired) electrons. The van der Waals surface area contributed by atoms with Crippen molar-refractivity contribution < 1.29 is 0 Å². The van der Waals surface area contributed by atoms with Gasteiger partial charge in [-0.3, -0.25) is 0 Å². The molecule has 1 nitrogen and oxygen atoms in total. The largest absolute Gasteiger partial charge is 0.197 e. The number of nitrogens with zero attached hydrogens (tertiary/aromatic N) is 1. The van der Waals surface area contributed by atoms with Crippen LogP contribution in [0.3, 0.4) is 0 Å². The van der Waals surface area contributed by atoms with Crippen LogP contribution in [0.5, 0.6) is 0 Å². The Balaban J connectivity index is 2.17. The van der Waals surface area contributed by atoms with Crippen LogP contribution in [0.2, 0.25) is 0 Å². The van der Waals surface area contributed by atoms with Crippen molar-refractivity contribution in [1.82, 2.24) is 0 Å². The Labute approximate surface area is 72.4 Å². The molecule has 0 spiro atoms. The van der Waals surface area contributed by atoms with Crippen molar-refractivity contribution in [3.8, 4) is 6.07 Å². The third kappa shape index (κ3) is 0.679. The van der Waals surface area contributed by atoms with Gasteiger partial charge >= 0.3 is 0 Å². The molecule has 2 unspecified atom stereocenters. The second-order valence-electron chi connectivity index (χ2n) is 4.44. The van der Waals surface area contributed by atoms with Crippen LogP contribution in [-0.2, 0) is 0 Å². The van der Waals surface area contributed by atoms with Crippen LogP contribution in [0.25, 0.3) is 0 Å². The van der Waals surface area contributed by atoms with Crippen LogP contribution in [0.15, 0.2) is 23.3 Å². The molecular formula is C11H11N. The van der Waals surface area contributed by atoms with Crippen LogP contribution >= 0.6 is 0 Å². The lowest BCUT2D eigenvalue weighted by atomic mass is 9.59. The van der Waals surface area contributed by atoms with Gasteiger partial charge in [0.2, 0.25) is 0 Å². The number of nitriles is 1. The van der Waals surface area contributed by atoms with E-state index in [1.54, 1.807) is 0 Å². The Morgan fingerprint density at radius 1 is 1.50 bits per heavy atom. The fraction of sp³-hybridized carbons (Fsp3) is 0.545. The zero-order valence-electron chi connectivity index (χ0n) is 7.01. The molecule has 12 heavy (non-hydrogen) atoms. The van der Waals surface area contributed by atoms with Crippen molar-refractivity contribution in [1.29, 1.82) is 5.26 Å². The average Bonchev–Trinajstić information content (AvgIpc) is 2.02. The number of hydrogen-bond acceptors (Lipinski definition) is 1. The summed E-state index contributed by atoms with van der Waals surface area (Å²) in [5.74, 6) is 0.790. The van der Waals surface area contributed by atoms with Gasteiger partial charge in [-0.05, 0) is 31.6 Å². The maximum Gasteiger partial charge on any atom is 0.0799 e. The minimum absolute atomic E-state index is 0.0828. The molecule has 0 heterocycles. The highest BCUT2D eigenvalue weighted by atomic mass is 14.5. The third-order valence-electron chi connectivity index (χ3n) is 3.34. The van der Waals surface area contributed by atoms with E-state index in [1.165, 1.54) is 24.0 Å². The van der Waals surface area contributed by atoms with Crippen LogP contribution in [-0.4, -0.2) is 0 Å². The molecule has 0 aromatic heterocycles. The molecule has 4 aliphatic carbocycles. The fourth-order valence-corrected chi connectivity index (χ4v) is 3.10. The second-order valence-corrected chi connectivity index (χ2v) is 4.44. The minimum atomic E-state index is -0.0828. The molecule has 1 heteroatoms. The Hall–Kier alpha value is -1.03. The maximum absolute atomic E-state index is 9.11. The van der Waals surface area contributed by atoms with Crippen LogP contribution in [0.4, 0.5) is 0 Å². The van der Waals surface area contributed by atoms with E-state index in [4.69, 9.17) is 5.26 Å². The SMILES string of the molecule is N#CC12C=C3C=C(CC(C3)C1)C2. The van der Waals surface area contributed by atoms with E-state index in [-0.39, 0.29) is 5.41 Å². The van der Waals surface area contributed by atoms with Crippen molar-refractivity contribution in [2.75, 3.05) is 0 Å². The summed E-state index contributed by atoms with van der Waals surface area (Å²) in [7, 11) is 0. The van der Waals surface area contributed by atoms with E-state index in [9.17, 15) is 0 Å². The smallest absolute Gasteiger partial charge is 0.0799 e. The van der Waals surface area contributed by atoms with Crippen molar-refractivity contribution in [2.24, 2.45) is 11.3 Å². The molecule has 4 aliphatic rings. The molecular weight excluding hydrogens is 146 g/mol. The highest BCUT2D eigenvalue weighted by molar-refractivity contribution is 5.42. The first kappa shape index (κ1) is 6.48. The van der Waals surface area contributed by atoms with E-state index in [0.717, 1.165) is 18.8 Å². The zero-order chi connectivity index (χ0) is 8.18. The van der Waals surface area contributed by atoms with Crippen LogP contribution in [0.1, 0.15) is 25.7 Å². The molecule has 0 aliphatic heterocycles. The molecule has 1 saturated carbocycles. The predicted octanol–water partition coefficient (Wildman–Crippen LogP) is 2.57. The first-order valence-electron chi connectivity index (χ1n) is 4.62. The molecule has 1 fully saturated rings. The summed E-state index contributed by atoms with van der Waals surface area (Å²) >= 11 is 0. The van der Waals surface area contributed by atoms with Gasteiger partial charge in [0.05, 0.1) is 11.5 Å². The lowest BCUT2D eigenvalue weighted by molar-refractivity contribution is 0.265. The van der Waals surface area contributed by atoms with E-state index < -0.39 is 0 Å². The monoisotopic (exact) mass is 157 g/mol. The Kier molecular flexibility index (Phi) is 0.985. The van der Waals surface area contributed by atoms with Crippen molar-refractivity contribution in [3.63, 3.8) is 0 Å². The summed E-state index contributed by atoms with van der Waals surface area (Å²) in [6.45, 7) is 0. The van der Waals surface area contributed by atoms with Gasteiger partial charge in [-0.15, -0.1) is 0 Å². The van der Waals surface area contributed by atoms with Crippen molar-refractivity contribution >= 4 is 0 Å². The summed E-state index contributed by atoms with van der Waals surface area (Å²) in [5.41, 5.74) is 2.87. The molecule has 0 aromatic rings.